The van der Waals surface area contributed by atoms with E-state index in [-0.39, 0.29) is 18.1 Å². The zero-order valence-corrected chi connectivity index (χ0v) is 24.0. The Morgan fingerprint density at radius 2 is 1.95 bits per heavy atom. The van der Waals surface area contributed by atoms with Crippen LogP contribution in [0.25, 0.3) is 0 Å². The summed E-state index contributed by atoms with van der Waals surface area (Å²) in [6.45, 7) is 10.2. The zero-order chi connectivity index (χ0) is 28.6. The monoisotopic (exact) mass is 552 g/mol. The van der Waals surface area contributed by atoms with Crippen molar-refractivity contribution in [2.24, 2.45) is 5.92 Å². The number of aliphatic hydroxyl groups excluding tert-OH is 1. The number of rotatable bonds is 20. The third kappa shape index (κ3) is 17.9. The maximum absolute atomic E-state index is 13.1. The van der Waals surface area contributed by atoms with E-state index in [2.05, 4.69) is 41.4 Å². The quantitative estimate of drug-likeness (QED) is 0.0828. The Labute approximate surface area is 231 Å². The number of carbonyl (C=O) groups is 2. The Bertz CT molecular complexity index is 850. The molecule has 1 aromatic rings. The summed E-state index contributed by atoms with van der Waals surface area (Å²) in [4.78, 5) is 20.9. The highest BCUT2D eigenvalue weighted by atomic mass is 32.2. The minimum Gasteiger partial charge on any atom is -0.504 e. The number of aliphatic hydroxyl groups is 1. The summed E-state index contributed by atoms with van der Waals surface area (Å²) in [5.74, 6) is -0.724. The maximum atomic E-state index is 13.1. The molecule has 0 amide bonds. The third-order valence-corrected chi connectivity index (χ3v) is 5.51. The number of benzene rings is 1. The van der Waals surface area contributed by atoms with Gasteiger partial charge in [-0.2, -0.15) is 0 Å². The molecule has 0 heterocycles. The van der Waals surface area contributed by atoms with Gasteiger partial charge in [0.1, 0.15) is 12.6 Å². The predicted octanol–water partition coefficient (Wildman–Crippen LogP) is 3.98. The number of Topliss-reactive ketones (excluding diaryl/α,β-unsaturated/α-hetero) is 1. The number of hydrogen-bond donors (Lipinski definition) is 4. The molecule has 0 spiro atoms. The second kappa shape index (κ2) is 23.6. The lowest BCUT2D eigenvalue weighted by molar-refractivity contribution is -0.114. The van der Waals surface area contributed by atoms with Crippen molar-refractivity contribution in [3.63, 3.8) is 0 Å². The molecule has 0 saturated heterocycles. The van der Waals surface area contributed by atoms with E-state index < -0.39 is 5.78 Å². The van der Waals surface area contributed by atoms with Crippen molar-refractivity contribution in [3.8, 4) is 0 Å². The number of carbonyl (C=O) groups excluding carboxylic acids is 2. The van der Waals surface area contributed by atoms with Crippen molar-refractivity contribution < 1.29 is 23.8 Å². The lowest BCUT2D eigenvalue weighted by atomic mass is 10.1. The molecule has 8 nitrogen and oxygen atoms in total. The van der Waals surface area contributed by atoms with E-state index in [4.69, 9.17) is 9.53 Å². The van der Waals surface area contributed by atoms with E-state index in [9.17, 15) is 14.3 Å². The molecular formula is C28H45FN4O4S. The molecule has 0 aliphatic carbocycles. The Balaban J connectivity index is 0.00000667. The number of nitrogens with one attached hydrogen (secondary N) is 3. The van der Waals surface area contributed by atoms with Gasteiger partial charge >= 0.3 is 0 Å². The summed E-state index contributed by atoms with van der Waals surface area (Å²) in [7, 11) is 1.90. The van der Waals surface area contributed by atoms with E-state index in [1.807, 2.05) is 25.1 Å². The van der Waals surface area contributed by atoms with Crippen molar-refractivity contribution in [1.82, 2.24) is 21.1 Å². The van der Waals surface area contributed by atoms with E-state index in [1.54, 1.807) is 30.1 Å². The summed E-state index contributed by atoms with van der Waals surface area (Å²) in [5.41, 5.74) is 4.42. The molecule has 0 bridgehead atoms. The fourth-order valence-electron chi connectivity index (χ4n) is 3.16. The number of ketones is 1. The van der Waals surface area contributed by atoms with E-state index in [0.717, 1.165) is 38.1 Å². The van der Waals surface area contributed by atoms with Gasteiger partial charge in [-0.15, -0.1) is 11.8 Å². The zero-order valence-electron chi connectivity index (χ0n) is 23.2. The molecule has 0 aliphatic rings. The van der Waals surface area contributed by atoms with Gasteiger partial charge in [-0.1, -0.05) is 32.1 Å². The lowest BCUT2D eigenvalue weighted by Crippen LogP contribution is -2.35. The van der Waals surface area contributed by atoms with Crippen molar-refractivity contribution in [2.75, 3.05) is 52.7 Å². The summed E-state index contributed by atoms with van der Waals surface area (Å²) in [6.07, 6.45) is 9.11. The summed E-state index contributed by atoms with van der Waals surface area (Å²) < 4.78 is 18.6. The highest BCUT2D eigenvalue weighted by Gasteiger charge is 2.15. The van der Waals surface area contributed by atoms with Crippen LogP contribution in [0.2, 0.25) is 0 Å². The largest absolute Gasteiger partial charge is 0.504 e. The molecule has 10 heteroatoms. The average Bonchev–Trinajstić information content (AvgIpc) is 2.92. The van der Waals surface area contributed by atoms with Crippen LogP contribution in [-0.2, 0) is 20.9 Å². The van der Waals surface area contributed by atoms with Gasteiger partial charge in [0.2, 0.25) is 5.78 Å². The van der Waals surface area contributed by atoms with Crippen LogP contribution in [0.1, 0.15) is 32.3 Å². The van der Waals surface area contributed by atoms with Crippen molar-refractivity contribution in [1.29, 1.82) is 0 Å². The number of hydrazine groups is 1. The first-order valence-corrected chi connectivity index (χ1v) is 14.0. The number of ether oxygens (including phenoxy) is 1. The molecule has 1 atom stereocenters. The predicted molar refractivity (Wildman–Crippen MR) is 155 cm³/mol. The fourth-order valence-corrected chi connectivity index (χ4v) is 3.59. The van der Waals surface area contributed by atoms with Crippen molar-refractivity contribution in [2.45, 2.75) is 33.2 Å². The fraction of sp³-hybridized carbons (Fsp3) is 0.500. The summed E-state index contributed by atoms with van der Waals surface area (Å²) >= 11 is 1.65. The summed E-state index contributed by atoms with van der Waals surface area (Å²) in [6, 6.07) is 6.19. The molecule has 0 aromatic heterocycles. The van der Waals surface area contributed by atoms with Crippen molar-refractivity contribution in [3.05, 3.63) is 70.7 Å². The minimum absolute atomic E-state index is 0.235. The first kappa shape index (κ1) is 35.5. The molecule has 38 heavy (non-hydrogen) atoms. The van der Waals surface area contributed by atoms with Crippen LogP contribution < -0.4 is 16.1 Å². The van der Waals surface area contributed by atoms with Crippen molar-refractivity contribution >= 4 is 24.3 Å². The Hall–Kier alpha value is -2.50. The van der Waals surface area contributed by atoms with Gasteiger partial charge in [-0.25, -0.2) is 9.40 Å². The number of halogens is 1. The minimum atomic E-state index is -0.453. The molecule has 1 unspecified atom stereocenters. The number of thioether (sulfide) groups is 1. The average molecular weight is 553 g/mol. The van der Waals surface area contributed by atoms with Crippen LogP contribution in [0.3, 0.4) is 0 Å². The van der Waals surface area contributed by atoms with Gasteiger partial charge in [-0.05, 0) is 60.7 Å². The van der Waals surface area contributed by atoms with Crippen LogP contribution in [-0.4, -0.2) is 75.4 Å². The Kier molecular flexibility index (Phi) is 22.1. The lowest BCUT2D eigenvalue weighted by Gasteiger charge is -2.20. The smallest absolute Gasteiger partial charge is 0.225 e. The first-order valence-electron chi connectivity index (χ1n) is 12.7. The number of hydrogen-bond acceptors (Lipinski definition) is 9. The van der Waals surface area contributed by atoms with Crippen LogP contribution in [0.15, 0.2) is 59.4 Å². The highest BCUT2D eigenvalue weighted by molar-refractivity contribution is 8.01. The van der Waals surface area contributed by atoms with Crippen LogP contribution in [0.5, 0.6) is 0 Å². The molecule has 0 radical (unpaired) electrons. The first-order chi connectivity index (χ1) is 18.4. The second-order valence-corrected chi connectivity index (χ2v) is 9.28. The SMILES string of the molecule is C=O.CCCOCCCNC/C=C(\O)C(=O)/C(=C\NN(C)CC(C)/C=C\SC)CNCc1ccc(F)cc1. The van der Waals surface area contributed by atoms with E-state index >= 15 is 0 Å². The molecular weight excluding hydrogens is 507 g/mol. The third-order valence-electron chi connectivity index (χ3n) is 5.08. The molecule has 214 valence electrons. The van der Waals surface area contributed by atoms with Crippen LogP contribution >= 0.6 is 11.8 Å². The molecule has 0 saturated carbocycles. The van der Waals surface area contributed by atoms with Crippen LogP contribution in [0.4, 0.5) is 4.39 Å². The molecule has 1 aromatic carbocycles. The van der Waals surface area contributed by atoms with Gasteiger partial charge in [0.15, 0.2) is 5.76 Å². The van der Waals surface area contributed by atoms with Crippen LogP contribution in [0, 0.1) is 11.7 Å². The topological polar surface area (TPSA) is 103 Å². The number of nitrogens with zero attached hydrogens (tertiary/aromatic N) is 1. The van der Waals surface area contributed by atoms with Gasteiger partial charge < -0.3 is 30.7 Å². The van der Waals surface area contributed by atoms with E-state index in [0.29, 0.717) is 31.2 Å². The molecule has 1 rings (SSSR count). The van der Waals surface area contributed by atoms with Gasteiger partial charge in [0.05, 0.1) is 0 Å². The molecule has 0 fully saturated rings. The second-order valence-electron chi connectivity index (χ2n) is 8.54. The highest BCUT2D eigenvalue weighted by Crippen LogP contribution is 2.07. The maximum Gasteiger partial charge on any atom is 0.225 e. The summed E-state index contributed by atoms with van der Waals surface area (Å²) in [5, 5.41) is 20.7. The number of allylic oxidation sites excluding steroid dienone is 1. The molecule has 0 aliphatic heterocycles. The Morgan fingerprint density at radius 1 is 1.24 bits per heavy atom. The van der Waals surface area contributed by atoms with Gasteiger partial charge in [0.25, 0.3) is 0 Å². The normalized spacial score (nSPS) is 12.9. The van der Waals surface area contributed by atoms with Gasteiger partial charge in [-0.3, -0.25) is 4.79 Å². The Morgan fingerprint density at radius 3 is 2.61 bits per heavy atom. The van der Waals surface area contributed by atoms with Gasteiger partial charge in [0, 0.05) is 58.2 Å². The van der Waals surface area contributed by atoms with E-state index in [1.165, 1.54) is 18.2 Å². The standard InChI is InChI=1S/C27H43FN4O3S.CH2O/c1-5-15-35-16-6-13-29-14-11-26(33)27(34)24(19-30-18-23-7-9-25(28)10-8-23)20-31-32(3)21-22(2)12-17-36-4;1-2/h7-12,17,20,22,29-31,33H,5-6,13-16,18-19,21H2,1-4H3;1H2/b17-12-,24-20-,26-11-;. The molecule has 4 N–H and O–H groups in total.